The number of aromatic nitrogens is 3. The number of guanidine groups is 1. The van der Waals surface area contributed by atoms with Gasteiger partial charge in [0.05, 0.1) is 0 Å². The smallest absolute Gasteiger partial charge is 0.191 e. The number of anilines is 1. The topological polar surface area (TPSA) is 79.6 Å². The lowest BCUT2D eigenvalue weighted by atomic mass is 10.0. The third-order valence-corrected chi connectivity index (χ3v) is 5.34. The first kappa shape index (κ1) is 24.4. The SMILES string of the molecule is COCCCNC(=NCc1nnc(C)n1C)NC1CCN(c2ccccc2)CC1.I. The maximum absolute atomic E-state index is 5.15. The monoisotopic (exact) mass is 527 g/mol. The number of ether oxygens (including phenoxy) is 1. The van der Waals surface area contributed by atoms with E-state index in [-0.39, 0.29) is 24.0 Å². The fraction of sp³-hybridized carbons (Fsp3) is 0.571. The van der Waals surface area contributed by atoms with Crippen LogP contribution in [0.2, 0.25) is 0 Å². The molecular formula is C21H34IN7O. The Balaban J connectivity index is 0.00000320. The number of nitrogens with zero attached hydrogens (tertiary/aromatic N) is 5. The molecule has 30 heavy (non-hydrogen) atoms. The Morgan fingerprint density at radius 2 is 1.93 bits per heavy atom. The summed E-state index contributed by atoms with van der Waals surface area (Å²) in [6, 6.07) is 11.0. The molecule has 1 saturated heterocycles. The molecule has 0 unspecified atom stereocenters. The maximum Gasteiger partial charge on any atom is 0.191 e. The molecular weight excluding hydrogens is 493 g/mol. The van der Waals surface area contributed by atoms with Crippen LogP contribution >= 0.6 is 24.0 Å². The summed E-state index contributed by atoms with van der Waals surface area (Å²) in [4.78, 5) is 7.20. The van der Waals surface area contributed by atoms with Gasteiger partial charge in [0.25, 0.3) is 0 Å². The van der Waals surface area contributed by atoms with Gasteiger partial charge in [-0.1, -0.05) is 18.2 Å². The molecule has 0 amide bonds. The number of nitrogens with one attached hydrogen (secondary N) is 2. The summed E-state index contributed by atoms with van der Waals surface area (Å²) in [6.45, 7) is 6.09. The van der Waals surface area contributed by atoms with Gasteiger partial charge < -0.3 is 24.8 Å². The van der Waals surface area contributed by atoms with E-state index >= 15 is 0 Å². The highest BCUT2D eigenvalue weighted by molar-refractivity contribution is 14.0. The maximum atomic E-state index is 5.15. The van der Waals surface area contributed by atoms with Crippen LogP contribution in [0.1, 0.15) is 30.9 Å². The van der Waals surface area contributed by atoms with Crippen LogP contribution in [-0.4, -0.2) is 60.1 Å². The van der Waals surface area contributed by atoms with E-state index < -0.39 is 0 Å². The molecule has 8 nitrogen and oxygen atoms in total. The van der Waals surface area contributed by atoms with Crippen LogP contribution in [0.5, 0.6) is 0 Å². The third-order valence-electron chi connectivity index (χ3n) is 5.34. The number of rotatable bonds is 8. The van der Waals surface area contributed by atoms with Crippen LogP contribution in [0.3, 0.4) is 0 Å². The predicted molar refractivity (Wildman–Crippen MR) is 132 cm³/mol. The average molecular weight is 527 g/mol. The summed E-state index contributed by atoms with van der Waals surface area (Å²) in [5.41, 5.74) is 1.30. The van der Waals surface area contributed by atoms with Crippen molar-refractivity contribution in [2.45, 2.75) is 38.8 Å². The molecule has 1 aliphatic heterocycles. The lowest BCUT2D eigenvalue weighted by molar-refractivity contribution is 0.195. The number of para-hydroxylation sites is 1. The second-order valence-electron chi connectivity index (χ2n) is 7.40. The zero-order valence-electron chi connectivity index (χ0n) is 18.2. The van der Waals surface area contributed by atoms with Crippen LogP contribution in [0.15, 0.2) is 35.3 Å². The zero-order chi connectivity index (χ0) is 20.5. The van der Waals surface area contributed by atoms with Crippen LogP contribution in [-0.2, 0) is 18.3 Å². The largest absolute Gasteiger partial charge is 0.385 e. The Morgan fingerprint density at radius 3 is 2.57 bits per heavy atom. The minimum absolute atomic E-state index is 0. The molecule has 0 atom stereocenters. The normalized spacial score (nSPS) is 15.0. The van der Waals surface area contributed by atoms with E-state index in [9.17, 15) is 0 Å². The summed E-state index contributed by atoms with van der Waals surface area (Å²) < 4.78 is 7.12. The number of aliphatic imine (C=N–C) groups is 1. The number of methoxy groups -OCH3 is 1. The first-order valence-corrected chi connectivity index (χ1v) is 10.4. The number of aryl methyl sites for hydroxylation is 1. The highest BCUT2D eigenvalue weighted by Gasteiger charge is 2.20. The molecule has 0 spiro atoms. The molecule has 1 aromatic heterocycles. The second kappa shape index (κ2) is 12.7. The molecule has 1 fully saturated rings. The number of hydrogen-bond donors (Lipinski definition) is 2. The number of hydrogen-bond acceptors (Lipinski definition) is 5. The predicted octanol–water partition coefficient (Wildman–Crippen LogP) is 2.48. The van der Waals surface area contributed by atoms with Crippen molar-refractivity contribution >= 4 is 35.6 Å². The van der Waals surface area contributed by atoms with Crippen molar-refractivity contribution in [3.05, 3.63) is 42.0 Å². The van der Waals surface area contributed by atoms with E-state index in [2.05, 4.69) is 56.1 Å². The van der Waals surface area contributed by atoms with Crippen molar-refractivity contribution in [3.63, 3.8) is 0 Å². The lowest BCUT2D eigenvalue weighted by Crippen LogP contribution is -2.49. The molecule has 2 N–H and O–H groups in total. The molecule has 2 aromatic rings. The summed E-state index contributed by atoms with van der Waals surface area (Å²) in [5, 5.41) is 15.4. The molecule has 0 bridgehead atoms. The molecule has 1 aromatic carbocycles. The summed E-state index contributed by atoms with van der Waals surface area (Å²) in [5.74, 6) is 2.59. The van der Waals surface area contributed by atoms with Crippen molar-refractivity contribution in [1.29, 1.82) is 0 Å². The summed E-state index contributed by atoms with van der Waals surface area (Å²) in [7, 11) is 3.70. The summed E-state index contributed by atoms with van der Waals surface area (Å²) >= 11 is 0. The van der Waals surface area contributed by atoms with E-state index in [1.807, 2.05) is 18.5 Å². The van der Waals surface area contributed by atoms with Crippen molar-refractivity contribution in [2.24, 2.45) is 12.0 Å². The van der Waals surface area contributed by atoms with Gasteiger partial charge in [-0.05, 0) is 38.3 Å². The first-order chi connectivity index (χ1) is 14.2. The molecule has 0 aliphatic carbocycles. The quantitative estimate of drug-likeness (QED) is 0.238. The van der Waals surface area contributed by atoms with E-state index in [0.717, 1.165) is 63.1 Å². The van der Waals surface area contributed by atoms with Crippen molar-refractivity contribution in [2.75, 3.05) is 38.3 Å². The number of piperidine rings is 1. The second-order valence-corrected chi connectivity index (χ2v) is 7.40. The first-order valence-electron chi connectivity index (χ1n) is 10.4. The van der Waals surface area contributed by atoms with Gasteiger partial charge in [-0.2, -0.15) is 0 Å². The van der Waals surface area contributed by atoms with Gasteiger partial charge in [0.2, 0.25) is 0 Å². The fourth-order valence-electron chi connectivity index (χ4n) is 3.43. The van der Waals surface area contributed by atoms with Gasteiger partial charge >= 0.3 is 0 Å². The van der Waals surface area contributed by atoms with Crippen LogP contribution in [0, 0.1) is 6.92 Å². The molecule has 1 aliphatic rings. The Hall–Kier alpha value is -1.88. The molecule has 3 rings (SSSR count). The minimum Gasteiger partial charge on any atom is -0.385 e. The van der Waals surface area contributed by atoms with Gasteiger partial charge in [0, 0.05) is 52.1 Å². The number of benzene rings is 1. The van der Waals surface area contributed by atoms with Gasteiger partial charge in [-0.3, -0.25) is 0 Å². The standard InChI is InChI=1S/C21H33N7O.HI/c1-17-25-26-20(27(17)2)16-23-21(22-12-7-15-29-3)24-18-10-13-28(14-11-18)19-8-5-4-6-9-19;/h4-6,8-9,18H,7,10-16H2,1-3H3,(H2,22,23,24);1H. The van der Waals surface area contributed by atoms with Crippen LogP contribution in [0.25, 0.3) is 0 Å². The van der Waals surface area contributed by atoms with Crippen molar-refractivity contribution in [1.82, 2.24) is 25.4 Å². The van der Waals surface area contributed by atoms with Crippen LogP contribution in [0.4, 0.5) is 5.69 Å². The van der Waals surface area contributed by atoms with E-state index in [0.29, 0.717) is 12.6 Å². The Labute approximate surface area is 196 Å². The molecule has 0 saturated carbocycles. The van der Waals surface area contributed by atoms with Crippen molar-refractivity contribution in [3.8, 4) is 0 Å². The van der Waals surface area contributed by atoms with Crippen molar-refractivity contribution < 1.29 is 4.74 Å². The third kappa shape index (κ3) is 7.12. The van der Waals surface area contributed by atoms with Gasteiger partial charge in [0.15, 0.2) is 11.8 Å². The highest BCUT2D eigenvalue weighted by Crippen LogP contribution is 2.19. The molecule has 9 heteroatoms. The minimum atomic E-state index is 0. The zero-order valence-corrected chi connectivity index (χ0v) is 20.5. The number of halogens is 1. The van der Waals surface area contributed by atoms with Crippen LogP contribution < -0.4 is 15.5 Å². The fourth-order valence-corrected chi connectivity index (χ4v) is 3.43. The molecule has 2 heterocycles. The van der Waals surface area contributed by atoms with Gasteiger partial charge in [-0.25, -0.2) is 4.99 Å². The lowest BCUT2D eigenvalue weighted by Gasteiger charge is -2.34. The highest BCUT2D eigenvalue weighted by atomic mass is 127. The Bertz CT molecular complexity index is 773. The van der Waals surface area contributed by atoms with E-state index in [1.165, 1.54) is 5.69 Å². The average Bonchev–Trinajstić information content (AvgIpc) is 3.08. The van der Waals surface area contributed by atoms with E-state index in [1.54, 1.807) is 7.11 Å². The molecule has 166 valence electrons. The Morgan fingerprint density at radius 1 is 1.20 bits per heavy atom. The van der Waals surface area contributed by atoms with Gasteiger partial charge in [0.1, 0.15) is 12.4 Å². The summed E-state index contributed by atoms with van der Waals surface area (Å²) in [6.07, 6.45) is 3.10. The Kier molecular flexibility index (Phi) is 10.4. The van der Waals surface area contributed by atoms with Gasteiger partial charge in [-0.15, -0.1) is 34.2 Å². The molecule has 0 radical (unpaired) electrons. The van der Waals surface area contributed by atoms with E-state index in [4.69, 9.17) is 9.73 Å².